The van der Waals surface area contributed by atoms with Crippen LogP contribution in [0.25, 0.3) is 0 Å². The molecule has 0 spiro atoms. The number of rotatable bonds is 7. The fourth-order valence-corrected chi connectivity index (χ4v) is 1.90. The summed E-state index contributed by atoms with van der Waals surface area (Å²) in [5.74, 6) is 0.0661. The van der Waals surface area contributed by atoms with E-state index in [9.17, 15) is 5.11 Å². The molecule has 100 valence electrons. The zero-order valence-electron chi connectivity index (χ0n) is 10.3. The number of nitrogens with one attached hydrogen (secondary N) is 1. The van der Waals surface area contributed by atoms with Crippen LogP contribution in [-0.2, 0) is 11.3 Å². The highest BCUT2D eigenvalue weighted by atomic mass is 35.5. The highest BCUT2D eigenvalue weighted by molar-refractivity contribution is 6.35. The molecular formula is C13H17Cl2NO2. The highest BCUT2D eigenvalue weighted by Gasteiger charge is 2.07. The van der Waals surface area contributed by atoms with E-state index >= 15 is 0 Å². The summed E-state index contributed by atoms with van der Waals surface area (Å²) in [7, 11) is 0. The number of hydrogen-bond donors (Lipinski definition) is 2. The first kappa shape index (κ1) is 15.3. The molecule has 0 unspecified atom stereocenters. The zero-order chi connectivity index (χ0) is 13.5. The third-order valence-corrected chi connectivity index (χ3v) is 2.70. The maximum absolute atomic E-state index is 9.72. The van der Waals surface area contributed by atoms with Crippen molar-refractivity contribution in [2.24, 2.45) is 0 Å². The van der Waals surface area contributed by atoms with Crippen LogP contribution in [0.3, 0.4) is 0 Å². The van der Waals surface area contributed by atoms with E-state index in [4.69, 9.17) is 27.9 Å². The van der Waals surface area contributed by atoms with Gasteiger partial charge in [-0.25, -0.2) is 0 Å². The molecule has 0 aliphatic heterocycles. The summed E-state index contributed by atoms with van der Waals surface area (Å²) in [6, 6.07) is 3.20. The van der Waals surface area contributed by atoms with Gasteiger partial charge in [-0.15, -0.1) is 0 Å². The number of halogens is 2. The van der Waals surface area contributed by atoms with E-state index in [1.807, 2.05) is 6.92 Å². The number of aromatic hydroxyl groups is 1. The highest BCUT2D eigenvalue weighted by Crippen LogP contribution is 2.30. The van der Waals surface area contributed by atoms with E-state index in [0.29, 0.717) is 36.9 Å². The van der Waals surface area contributed by atoms with Crippen molar-refractivity contribution in [3.63, 3.8) is 0 Å². The van der Waals surface area contributed by atoms with Gasteiger partial charge in [0, 0.05) is 23.7 Å². The van der Waals surface area contributed by atoms with Gasteiger partial charge < -0.3 is 15.2 Å². The van der Waals surface area contributed by atoms with Crippen molar-refractivity contribution >= 4 is 23.2 Å². The van der Waals surface area contributed by atoms with Crippen molar-refractivity contribution in [1.29, 1.82) is 0 Å². The van der Waals surface area contributed by atoms with E-state index in [1.165, 1.54) is 6.07 Å². The van der Waals surface area contributed by atoms with Gasteiger partial charge in [0.15, 0.2) is 0 Å². The lowest BCUT2D eigenvalue weighted by Crippen LogP contribution is -2.19. The van der Waals surface area contributed by atoms with Crippen molar-refractivity contribution in [1.82, 2.24) is 5.32 Å². The smallest absolute Gasteiger partial charge is 0.138 e. The lowest BCUT2D eigenvalue weighted by Gasteiger charge is -2.09. The molecule has 0 fully saturated rings. The topological polar surface area (TPSA) is 41.5 Å². The number of benzene rings is 1. The van der Waals surface area contributed by atoms with Crippen molar-refractivity contribution < 1.29 is 9.84 Å². The van der Waals surface area contributed by atoms with E-state index in [2.05, 4.69) is 11.9 Å². The number of hydrogen-bond acceptors (Lipinski definition) is 3. The molecule has 0 bridgehead atoms. The van der Waals surface area contributed by atoms with Crippen LogP contribution in [-0.4, -0.2) is 24.9 Å². The van der Waals surface area contributed by atoms with Crippen molar-refractivity contribution in [2.45, 2.75) is 13.5 Å². The Labute approximate surface area is 117 Å². The average Bonchev–Trinajstić information content (AvgIpc) is 2.29. The van der Waals surface area contributed by atoms with Gasteiger partial charge in [0.05, 0.1) is 18.2 Å². The summed E-state index contributed by atoms with van der Waals surface area (Å²) in [6.45, 7) is 7.98. The molecule has 0 heterocycles. The number of phenols is 1. The molecule has 0 atom stereocenters. The van der Waals surface area contributed by atoms with Gasteiger partial charge >= 0.3 is 0 Å². The molecule has 0 aliphatic carbocycles. The Morgan fingerprint density at radius 2 is 2.17 bits per heavy atom. The Morgan fingerprint density at radius 3 is 2.83 bits per heavy atom. The summed E-state index contributed by atoms with van der Waals surface area (Å²) in [4.78, 5) is 0. The average molecular weight is 290 g/mol. The van der Waals surface area contributed by atoms with Gasteiger partial charge in [0.25, 0.3) is 0 Å². The van der Waals surface area contributed by atoms with Crippen LogP contribution in [0, 0.1) is 0 Å². The summed E-state index contributed by atoms with van der Waals surface area (Å²) in [5.41, 5.74) is 1.67. The Kier molecular flexibility index (Phi) is 6.50. The van der Waals surface area contributed by atoms with E-state index < -0.39 is 0 Å². The molecule has 2 N–H and O–H groups in total. The second-order valence-electron chi connectivity index (χ2n) is 4.08. The molecule has 1 rings (SSSR count). The van der Waals surface area contributed by atoms with Gasteiger partial charge in [-0.2, -0.15) is 0 Å². The summed E-state index contributed by atoms with van der Waals surface area (Å²) in [5, 5.41) is 13.6. The first-order valence-electron chi connectivity index (χ1n) is 5.60. The van der Waals surface area contributed by atoms with Crippen molar-refractivity contribution in [2.75, 3.05) is 19.8 Å². The summed E-state index contributed by atoms with van der Waals surface area (Å²) < 4.78 is 5.33. The van der Waals surface area contributed by atoms with Crippen LogP contribution < -0.4 is 5.32 Å². The number of ether oxygens (including phenoxy) is 1. The van der Waals surface area contributed by atoms with Crippen LogP contribution in [0.1, 0.15) is 12.5 Å². The first-order valence-corrected chi connectivity index (χ1v) is 6.36. The van der Waals surface area contributed by atoms with E-state index in [0.717, 1.165) is 5.57 Å². The first-order chi connectivity index (χ1) is 8.50. The van der Waals surface area contributed by atoms with Gasteiger partial charge in [0.1, 0.15) is 5.75 Å². The van der Waals surface area contributed by atoms with Gasteiger partial charge in [-0.3, -0.25) is 0 Å². The molecule has 0 saturated carbocycles. The van der Waals surface area contributed by atoms with Crippen LogP contribution in [0.15, 0.2) is 24.3 Å². The molecule has 18 heavy (non-hydrogen) atoms. The second-order valence-corrected chi connectivity index (χ2v) is 4.93. The lowest BCUT2D eigenvalue weighted by molar-refractivity contribution is 0.157. The quantitative estimate of drug-likeness (QED) is 0.597. The Bertz CT molecular complexity index is 422. The molecule has 0 amide bonds. The normalized spacial score (nSPS) is 10.6. The van der Waals surface area contributed by atoms with E-state index in [1.54, 1.807) is 6.07 Å². The Balaban J connectivity index is 2.33. The minimum absolute atomic E-state index is 0.0661. The molecule has 1 aromatic rings. The van der Waals surface area contributed by atoms with Crippen LogP contribution in [0.2, 0.25) is 10.0 Å². The maximum atomic E-state index is 9.72. The predicted octanol–water partition coefficient (Wildman–Crippen LogP) is 3.38. The molecule has 1 aromatic carbocycles. The zero-order valence-corrected chi connectivity index (χ0v) is 11.8. The summed E-state index contributed by atoms with van der Waals surface area (Å²) >= 11 is 11.7. The molecule has 3 nitrogen and oxygen atoms in total. The molecule has 0 aliphatic rings. The Hall–Kier alpha value is -0.740. The molecule has 5 heteroatoms. The van der Waals surface area contributed by atoms with Crippen molar-refractivity contribution in [3.8, 4) is 5.75 Å². The van der Waals surface area contributed by atoms with Crippen molar-refractivity contribution in [3.05, 3.63) is 39.9 Å². The third-order valence-electron chi connectivity index (χ3n) is 2.19. The molecule has 0 saturated heterocycles. The van der Waals surface area contributed by atoms with Crippen LogP contribution in [0.5, 0.6) is 5.75 Å². The molecule has 0 radical (unpaired) electrons. The molecule has 0 aromatic heterocycles. The van der Waals surface area contributed by atoms with Gasteiger partial charge in [-0.05, 0) is 19.1 Å². The minimum Gasteiger partial charge on any atom is -0.506 e. The third kappa shape index (κ3) is 5.27. The van der Waals surface area contributed by atoms with E-state index in [-0.39, 0.29) is 10.8 Å². The minimum atomic E-state index is 0.0661. The SMILES string of the molecule is C=C(C)COCCNCc1cc(Cl)cc(Cl)c1O. The summed E-state index contributed by atoms with van der Waals surface area (Å²) in [6.07, 6.45) is 0. The second kappa shape index (κ2) is 7.64. The number of phenolic OH excluding ortho intramolecular Hbond substituents is 1. The van der Waals surface area contributed by atoms with Crippen LogP contribution in [0.4, 0.5) is 0 Å². The lowest BCUT2D eigenvalue weighted by atomic mass is 10.2. The maximum Gasteiger partial charge on any atom is 0.138 e. The van der Waals surface area contributed by atoms with Crippen LogP contribution >= 0.6 is 23.2 Å². The largest absolute Gasteiger partial charge is 0.506 e. The van der Waals surface area contributed by atoms with Gasteiger partial charge in [-0.1, -0.05) is 35.4 Å². The standard InChI is InChI=1S/C13H17Cl2NO2/c1-9(2)8-18-4-3-16-7-10-5-11(14)6-12(15)13(10)17/h5-6,16-17H,1,3-4,7-8H2,2H3. The monoisotopic (exact) mass is 289 g/mol. The Morgan fingerprint density at radius 1 is 1.44 bits per heavy atom. The fourth-order valence-electron chi connectivity index (χ4n) is 1.37. The predicted molar refractivity (Wildman–Crippen MR) is 75.5 cm³/mol. The fraction of sp³-hybridized carbons (Fsp3) is 0.385. The molecular weight excluding hydrogens is 273 g/mol. The van der Waals surface area contributed by atoms with Gasteiger partial charge in [0.2, 0.25) is 0 Å².